The topological polar surface area (TPSA) is 98.0 Å². The zero-order valence-electron chi connectivity index (χ0n) is 18.7. The second-order valence-electron chi connectivity index (χ2n) is 8.21. The van der Waals surface area contributed by atoms with Crippen LogP contribution in [0, 0.1) is 11.7 Å². The maximum Gasteiger partial charge on any atom is 0.325 e. The highest BCUT2D eigenvalue weighted by atomic mass is 32.2. The van der Waals surface area contributed by atoms with Crippen molar-refractivity contribution in [1.82, 2.24) is 8.87 Å². The zero-order chi connectivity index (χ0) is 24.5. The van der Waals surface area contributed by atoms with Gasteiger partial charge in [0.25, 0.3) is 5.91 Å². The number of sulfonamides is 1. The number of carbonyl (C=O) groups excluding carboxylic acids is 2. The molecule has 0 spiro atoms. The number of aromatic nitrogens is 1. The quantitative estimate of drug-likeness (QED) is 0.496. The van der Waals surface area contributed by atoms with Crippen LogP contribution >= 0.6 is 11.3 Å². The third kappa shape index (κ3) is 4.96. The predicted molar refractivity (Wildman–Crippen MR) is 125 cm³/mol. The van der Waals surface area contributed by atoms with E-state index < -0.39 is 27.7 Å². The van der Waals surface area contributed by atoms with Gasteiger partial charge < -0.3 is 9.30 Å². The van der Waals surface area contributed by atoms with Crippen molar-refractivity contribution < 1.29 is 27.1 Å². The fourth-order valence-corrected chi connectivity index (χ4v) is 6.56. The maximum atomic E-state index is 13.7. The van der Waals surface area contributed by atoms with Crippen molar-refractivity contribution in [3.8, 4) is 0 Å². The predicted octanol–water partition coefficient (Wildman–Crippen LogP) is 3.18. The first kappa shape index (κ1) is 24.2. The number of carbonyl (C=O) groups is 2. The van der Waals surface area contributed by atoms with Gasteiger partial charge in [0.1, 0.15) is 12.4 Å². The molecule has 0 saturated carbocycles. The summed E-state index contributed by atoms with van der Waals surface area (Å²) >= 11 is 1.07. The lowest BCUT2D eigenvalue weighted by molar-refractivity contribution is -0.141. The Kier molecular flexibility index (Phi) is 6.96. The summed E-state index contributed by atoms with van der Waals surface area (Å²) in [7, 11) is -2.39. The van der Waals surface area contributed by atoms with E-state index in [0.29, 0.717) is 29.2 Å². The van der Waals surface area contributed by atoms with Gasteiger partial charge in [0, 0.05) is 18.7 Å². The summed E-state index contributed by atoms with van der Waals surface area (Å²) in [6.07, 6.45) is 1.82. The van der Waals surface area contributed by atoms with Crippen molar-refractivity contribution in [3.63, 3.8) is 0 Å². The minimum Gasteiger partial charge on any atom is -0.468 e. The van der Waals surface area contributed by atoms with E-state index in [4.69, 9.17) is 4.74 Å². The van der Waals surface area contributed by atoms with E-state index in [9.17, 15) is 22.4 Å². The number of nitrogens with zero attached hydrogens (tertiary/aromatic N) is 3. The highest BCUT2D eigenvalue weighted by Crippen LogP contribution is 2.24. The number of esters is 1. The number of ether oxygens (including phenoxy) is 1. The molecule has 1 aromatic heterocycles. The largest absolute Gasteiger partial charge is 0.468 e. The Morgan fingerprint density at radius 2 is 1.94 bits per heavy atom. The summed E-state index contributed by atoms with van der Waals surface area (Å²) in [4.78, 5) is 29.2. The molecule has 1 amide bonds. The molecule has 34 heavy (non-hydrogen) atoms. The molecular formula is C23H24FN3O5S2. The molecular weight excluding hydrogens is 481 g/mol. The smallest absolute Gasteiger partial charge is 0.325 e. The summed E-state index contributed by atoms with van der Waals surface area (Å²) in [6.45, 7) is 2.79. The Labute approximate surface area is 200 Å². The summed E-state index contributed by atoms with van der Waals surface area (Å²) in [6, 6.07) is 9.72. The number of piperidine rings is 1. The van der Waals surface area contributed by atoms with Crippen LogP contribution in [0.2, 0.25) is 0 Å². The van der Waals surface area contributed by atoms with Crippen molar-refractivity contribution in [2.24, 2.45) is 10.9 Å². The van der Waals surface area contributed by atoms with Crippen LogP contribution in [0.4, 0.5) is 4.39 Å². The van der Waals surface area contributed by atoms with Gasteiger partial charge in [-0.15, -0.1) is 0 Å². The number of halogens is 1. The summed E-state index contributed by atoms with van der Waals surface area (Å²) < 4.78 is 47.8. The minimum absolute atomic E-state index is 0.122. The molecule has 180 valence electrons. The molecule has 11 heteroatoms. The van der Waals surface area contributed by atoms with Crippen molar-refractivity contribution in [3.05, 3.63) is 58.6 Å². The Bertz CT molecular complexity index is 1410. The van der Waals surface area contributed by atoms with Gasteiger partial charge in [-0.05, 0) is 61.2 Å². The van der Waals surface area contributed by atoms with Crippen LogP contribution in [0.25, 0.3) is 10.2 Å². The van der Waals surface area contributed by atoms with E-state index in [1.54, 1.807) is 0 Å². The number of benzene rings is 2. The van der Waals surface area contributed by atoms with E-state index in [1.165, 1.54) is 58.4 Å². The molecule has 1 atom stereocenters. The van der Waals surface area contributed by atoms with Crippen molar-refractivity contribution in [1.29, 1.82) is 0 Å². The van der Waals surface area contributed by atoms with Crippen molar-refractivity contribution in [2.75, 3.05) is 20.2 Å². The molecule has 1 aliphatic heterocycles. The molecule has 1 saturated heterocycles. The van der Waals surface area contributed by atoms with Crippen LogP contribution in [-0.2, 0) is 26.1 Å². The van der Waals surface area contributed by atoms with Gasteiger partial charge in [0.15, 0.2) is 4.80 Å². The monoisotopic (exact) mass is 505 g/mol. The number of hydrogen-bond donors (Lipinski definition) is 0. The number of rotatable bonds is 5. The normalized spacial score (nSPS) is 17.7. The summed E-state index contributed by atoms with van der Waals surface area (Å²) in [5.41, 5.74) is 0.736. The number of thiazole rings is 1. The summed E-state index contributed by atoms with van der Waals surface area (Å²) in [5, 5.41) is 0. The lowest BCUT2D eigenvalue weighted by Gasteiger charge is -2.30. The SMILES string of the molecule is COC(=O)Cn1c(=NC(=O)c2ccc(S(=O)(=O)N3CCC[C@@H](C)C3)cc2)sc2cc(F)ccc21. The molecule has 0 radical (unpaired) electrons. The van der Waals surface area contributed by atoms with Crippen LogP contribution in [0.5, 0.6) is 0 Å². The number of hydrogen-bond acceptors (Lipinski definition) is 6. The second kappa shape index (κ2) is 9.77. The Morgan fingerprint density at radius 3 is 2.62 bits per heavy atom. The highest BCUT2D eigenvalue weighted by Gasteiger charge is 2.28. The Hall–Kier alpha value is -2.89. The average molecular weight is 506 g/mol. The third-order valence-electron chi connectivity index (χ3n) is 5.72. The molecule has 2 heterocycles. The molecule has 0 N–H and O–H groups in total. The van der Waals surface area contributed by atoms with Crippen LogP contribution in [0.15, 0.2) is 52.4 Å². The van der Waals surface area contributed by atoms with E-state index in [0.717, 1.165) is 24.2 Å². The fraction of sp³-hybridized carbons (Fsp3) is 0.348. The molecule has 2 aromatic carbocycles. The van der Waals surface area contributed by atoms with Crippen LogP contribution < -0.4 is 4.80 Å². The standard InChI is InChI=1S/C23H24FN3O5S2/c1-15-4-3-11-26(13-15)34(30,31)18-8-5-16(6-9-18)22(29)25-23-27(14-21(28)32-2)19-10-7-17(24)12-20(19)33-23/h5-10,12,15H,3-4,11,13-14H2,1-2H3/t15-/m1/s1. The van der Waals surface area contributed by atoms with Crippen LogP contribution in [-0.4, -0.2) is 49.4 Å². The minimum atomic E-state index is -3.64. The molecule has 0 bridgehead atoms. The molecule has 0 unspecified atom stereocenters. The number of methoxy groups -OCH3 is 1. The van der Waals surface area contributed by atoms with Crippen molar-refractivity contribution >= 4 is 43.5 Å². The van der Waals surface area contributed by atoms with Gasteiger partial charge in [-0.25, -0.2) is 12.8 Å². The Balaban J connectivity index is 1.65. The van der Waals surface area contributed by atoms with E-state index in [-0.39, 0.29) is 21.8 Å². The molecule has 3 aromatic rings. The molecule has 4 rings (SSSR count). The second-order valence-corrected chi connectivity index (χ2v) is 11.2. The maximum absolute atomic E-state index is 13.7. The molecule has 8 nitrogen and oxygen atoms in total. The van der Waals surface area contributed by atoms with Crippen LogP contribution in [0.1, 0.15) is 30.1 Å². The molecule has 1 aliphatic rings. The van der Waals surface area contributed by atoms with Crippen LogP contribution in [0.3, 0.4) is 0 Å². The lowest BCUT2D eigenvalue weighted by Crippen LogP contribution is -2.39. The average Bonchev–Trinajstić information content (AvgIpc) is 3.14. The molecule has 1 fully saturated rings. The van der Waals surface area contributed by atoms with Gasteiger partial charge in [0.05, 0.1) is 22.2 Å². The highest BCUT2D eigenvalue weighted by molar-refractivity contribution is 7.89. The first-order chi connectivity index (χ1) is 16.2. The molecule has 0 aliphatic carbocycles. The van der Waals surface area contributed by atoms with Gasteiger partial charge in [0.2, 0.25) is 10.0 Å². The summed E-state index contributed by atoms with van der Waals surface area (Å²) in [5.74, 6) is -1.30. The van der Waals surface area contributed by atoms with E-state index >= 15 is 0 Å². The van der Waals surface area contributed by atoms with Gasteiger partial charge >= 0.3 is 5.97 Å². The van der Waals surface area contributed by atoms with Crippen molar-refractivity contribution in [2.45, 2.75) is 31.2 Å². The Morgan fingerprint density at radius 1 is 1.21 bits per heavy atom. The van der Waals surface area contributed by atoms with Gasteiger partial charge in [-0.1, -0.05) is 18.3 Å². The zero-order valence-corrected chi connectivity index (χ0v) is 20.4. The first-order valence-electron chi connectivity index (χ1n) is 10.7. The third-order valence-corrected chi connectivity index (χ3v) is 8.64. The first-order valence-corrected chi connectivity index (χ1v) is 13.0. The number of amides is 1. The fourth-order valence-electron chi connectivity index (χ4n) is 3.91. The van der Waals surface area contributed by atoms with E-state index in [1.807, 2.05) is 6.92 Å². The van der Waals surface area contributed by atoms with E-state index in [2.05, 4.69) is 4.99 Å². The van der Waals surface area contributed by atoms with Gasteiger partial charge in [-0.2, -0.15) is 9.30 Å². The number of fused-ring (bicyclic) bond motifs is 1. The van der Waals surface area contributed by atoms with Gasteiger partial charge in [-0.3, -0.25) is 9.59 Å². The lowest BCUT2D eigenvalue weighted by atomic mass is 10.0.